The molecule has 3 rings (SSSR count). The van der Waals surface area contributed by atoms with Gasteiger partial charge in [-0.1, -0.05) is 18.2 Å². The Morgan fingerprint density at radius 2 is 2.00 bits per heavy atom. The van der Waals surface area contributed by atoms with Crippen LogP contribution in [-0.2, 0) is 4.74 Å². The summed E-state index contributed by atoms with van der Waals surface area (Å²) in [4.78, 5) is 17.7. The van der Waals surface area contributed by atoms with Crippen molar-refractivity contribution in [2.24, 2.45) is 0 Å². The molecule has 0 aliphatic carbocycles. The predicted molar refractivity (Wildman–Crippen MR) is 71.7 cm³/mol. The Balaban J connectivity index is 2.21. The van der Waals surface area contributed by atoms with Gasteiger partial charge in [0.05, 0.1) is 24.4 Å². The molecule has 0 amide bonds. The second-order valence-corrected chi connectivity index (χ2v) is 4.44. The molecule has 19 heavy (non-hydrogen) atoms. The molecular weight excluding hydrogens is 244 g/mol. The first-order valence-electron chi connectivity index (χ1n) is 6.21. The summed E-state index contributed by atoms with van der Waals surface area (Å²) < 4.78 is 5.33. The molecule has 0 bridgehead atoms. The Labute approximate surface area is 110 Å². The van der Waals surface area contributed by atoms with E-state index in [4.69, 9.17) is 4.74 Å². The lowest BCUT2D eigenvalue weighted by molar-refractivity contribution is 0.0696. The minimum absolute atomic E-state index is 0.251. The molecule has 1 aliphatic rings. The molecule has 2 heterocycles. The van der Waals surface area contributed by atoms with Crippen LogP contribution in [0.5, 0.6) is 0 Å². The smallest absolute Gasteiger partial charge is 0.339 e. The van der Waals surface area contributed by atoms with E-state index in [0.717, 1.165) is 16.6 Å². The molecule has 5 heteroatoms. The maximum atomic E-state index is 11.4. The molecule has 98 valence electrons. The summed E-state index contributed by atoms with van der Waals surface area (Å²) in [5, 5.41) is 10.2. The molecule has 2 aromatic rings. The highest BCUT2D eigenvalue weighted by Crippen LogP contribution is 2.30. The molecular formula is C14H14N2O3. The molecule has 0 saturated carbocycles. The van der Waals surface area contributed by atoms with Gasteiger partial charge in [0.15, 0.2) is 0 Å². The van der Waals surface area contributed by atoms with Crippen molar-refractivity contribution >= 4 is 22.6 Å². The lowest BCUT2D eigenvalue weighted by atomic mass is 10.1. The molecule has 1 aromatic heterocycles. The number of carboxylic acid groups (broad SMARTS) is 1. The van der Waals surface area contributed by atoms with Crippen molar-refractivity contribution < 1.29 is 14.6 Å². The number of anilines is 1. The van der Waals surface area contributed by atoms with Crippen molar-refractivity contribution in [2.75, 3.05) is 31.2 Å². The largest absolute Gasteiger partial charge is 0.478 e. The number of benzene rings is 1. The molecule has 1 aromatic carbocycles. The monoisotopic (exact) mass is 258 g/mol. The summed E-state index contributed by atoms with van der Waals surface area (Å²) in [7, 11) is 0. The van der Waals surface area contributed by atoms with Gasteiger partial charge < -0.3 is 14.7 Å². The van der Waals surface area contributed by atoms with E-state index < -0.39 is 5.97 Å². The number of carbonyl (C=O) groups is 1. The fourth-order valence-corrected chi connectivity index (χ4v) is 2.41. The maximum Gasteiger partial charge on any atom is 0.339 e. The number of nitrogens with zero attached hydrogens (tertiary/aromatic N) is 2. The number of fused-ring (bicyclic) bond motifs is 1. The van der Waals surface area contributed by atoms with Crippen molar-refractivity contribution in [2.45, 2.75) is 0 Å². The summed E-state index contributed by atoms with van der Waals surface area (Å²) in [5.74, 6) is -0.945. The van der Waals surface area contributed by atoms with E-state index in [-0.39, 0.29) is 5.56 Å². The molecule has 0 spiro atoms. The van der Waals surface area contributed by atoms with Crippen molar-refractivity contribution in [1.82, 2.24) is 4.98 Å². The average molecular weight is 258 g/mol. The summed E-state index contributed by atoms with van der Waals surface area (Å²) in [6.07, 6.45) is 1.44. The van der Waals surface area contributed by atoms with Gasteiger partial charge in [-0.3, -0.25) is 4.98 Å². The highest BCUT2D eigenvalue weighted by Gasteiger charge is 2.21. The SMILES string of the molecule is O=C(O)c1cnc2ccccc2c1N1CCOCC1. The Kier molecular flexibility index (Phi) is 3.05. The highest BCUT2D eigenvalue weighted by atomic mass is 16.5. The van der Waals surface area contributed by atoms with Crippen LogP contribution in [-0.4, -0.2) is 42.4 Å². The Morgan fingerprint density at radius 1 is 1.26 bits per heavy atom. The molecule has 1 fully saturated rings. The van der Waals surface area contributed by atoms with Crippen molar-refractivity contribution in [3.8, 4) is 0 Å². The minimum Gasteiger partial charge on any atom is -0.478 e. The van der Waals surface area contributed by atoms with Gasteiger partial charge in [0.2, 0.25) is 0 Å². The zero-order valence-corrected chi connectivity index (χ0v) is 10.4. The van der Waals surface area contributed by atoms with E-state index in [2.05, 4.69) is 9.88 Å². The zero-order valence-electron chi connectivity index (χ0n) is 10.4. The lowest BCUT2D eigenvalue weighted by Gasteiger charge is -2.30. The first kappa shape index (κ1) is 11.9. The van der Waals surface area contributed by atoms with Crippen molar-refractivity contribution in [1.29, 1.82) is 0 Å². The minimum atomic E-state index is -0.945. The summed E-state index contributed by atoms with van der Waals surface area (Å²) in [5.41, 5.74) is 1.82. The summed E-state index contributed by atoms with van der Waals surface area (Å²) in [6, 6.07) is 7.61. The van der Waals surface area contributed by atoms with Crippen LogP contribution in [0, 0.1) is 0 Å². The van der Waals surface area contributed by atoms with Gasteiger partial charge >= 0.3 is 5.97 Å². The predicted octanol–water partition coefficient (Wildman–Crippen LogP) is 1.77. The fraction of sp³-hybridized carbons (Fsp3) is 0.286. The molecule has 1 N–H and O–H groups in total. The van der Waals surface area contributed by atoms with Crippen LogP contribution >= 0.6 is 0 Å². The average Bonchev–Trinajstić information content (AvgIpc) is 2.46. The van der Waals surface area contributed by atoms with Gasteiger partial charge in [-0.25, -0.2) is 4.79 Å². The van der Waals surface area contributed by atoms with Crippen molar-refractivity contribution in [3.05, 3.63) is 36.0 Å². The molecule has 1 aliphatic heterocycles. The van der Waals surface area contributed by atoms with Crippen LogP contribution in [0.2, 0.25) is 0 Å². The van der Waals surface area contributed by atoms with Gasteiger partial charge in [-0.05, 0) is 6.07 Å². The normalized spacial score (nSPS) is 15.7. The Hall–Kier alpha value is -2.14. The van der Waals surface area contributed by atoms with Gasteiger partial charge in [0.1, 0.15) is 5.56 Å². The Bertz CT molecular complexity index is 621. The van der Waals surface area contributed by atoms with E-state index >= 15 is 0 Å². The number of pyridine rings is 1. The van der Waals surface area contributed by atoms with Crippen LogP contribution in [0.4, 0.5) is 5.69 Å². The van der Waals surface area contributed by atoms with Crippen LogP contribution in [0.3, 0.4) is 0 Å². The third kappa shape index (κ3) is 2.13. The molecule has 0 unspecified atom stereocenters. The van der Waals surface area contributed by atoms with E-state index in [9.17, 15) is 9.90 Å². The molecule has 0 radical (unpaired) electrons. The number of hydrogen-bond donors (Lipinski definition) is 1. The number of aromatic carboxylic acids is 1. The third-order valence-electron chi connectivity index (χ3n) is 3.30. The first-order valence-corrected chi connectivity index (χ1v) is 6.21. The van der Waals surface area contributed by atoms with Gasteiger partial charge in [0.25, 0.3) is 0 Å². The highest BCUT2D eigenvalue weighted by molar-refractivity contribution is 6.04. The summed E-state index contributed by atoms with van der Waals surface area (Å²) >= 11 is 0. The number of carboxylic acids is 1. The van der Waals surface area contributed by atoms with Gasteiger partial charge in [-0.15, -0.1) is 0 Å². The first-order chi connectivity index (χ1) is 9.27. The standard InChI is InChI=1S/C14H14N2O3/c17-14(18)11-9-15-12-4-2-1-3-10(12)13(11)16-5-7-19-8-6-16/h1-4,9H,5-8H2,(H,17,18). The van der Waals surface area contributed by atoms with Crippen LogP contribution in [0.25, 0.3) is 10.9 Å². The fourth-order valence-electron chi connectivity index (χ4n) is 2.41. The quantitative estimate of drug-likeness (QED) is 0.889. The number of morpholine rings is 1. The van der Waals surface area contributed by atoms with Crippen LogP contribution < -0.4 is 4.90 Å². The van der Waals surface area contributed by atoms with E-state index in [1.807, 2.05) is 24.3 Å². The van der Waals surface area contributed by atoms with E-state index in [1.165, 1.54) is 6.20 Å². The number of aromatic nitrogens is 1. The van der Waals surface area contributed by atoms with E-state index in [1.54, 1.807) is 0 Å². The second-order valence-electron chi connectivity index (χ2n) is 4.44. The third-order valence-corrected chi connectivity index (χ3v) is 3.30. The van der Waals surface area contributed by atoms with Gasteiger partial charge in [-0.2, -0.15) is 0 Å². The number of rotatable bonds is 2. The Morgan fingerprint density at radius 3 is 2.74 bits per heavy atom. The van der Waals surface area contributed by atoms with Crippen molar-refractivity contribution in [3.63, 3.8) is 0 Å². The second kappa shape index (κ2) is 4.85. The summed E-state index contributed by atoms with van der Waals surface area (Å²) in [6.45, 7) is 2.65. The number of hydrogen-bond acceptors (Lipinski definition) is 4. The van der Waals surface area contributed by atoms with E-state index in [0.29, 0.717) is 26.3 Å². The maximum absolute atomic E-state index is 11.4. The lowest BCUT2D eigenvalue weighted by Crippen LogP contribution is -2.37. The zero-order chi connectivity index (χ0) is 13.2. The van der Waals surface area contributed by atoms with Crippen LogP contribution in [0.15, 0.2) is 30.5 Å². The number of ether oxygens (including phenoxy) is 1. The molecule has 5 nitrogen and oxygen atoms in total. The van der Waals surface area contributed by atoms with Crippen LogP contribution in [0.1, 0.15) is 10.4 Å². The molecule has 0 atom stereocenters. The topological polar surface area (TPSA) is 62.7 Å². The number of para-hydroxylation sites is 1. The molecule has 1 saturated heterocycles. The van der Waals surface area contributed by atoms with Gasteiger partial charge in [0, 0.05) is 24.7 Å².